The van der Waals surface area contributed by atoms with Crippen molar-refractivity contribution < 1.29 is 4.79 Å². The van der Waals surface area contributed by atoms with Crippen molar-refractivity contribution in [1.82, 2.24) is 4.98 Å². The Morgan fingerprint density at radius 3 is 2.53 bits per heavy atom. The van der Waals surface area contributed by atoms with Gasteiger partial charge in [-0.15, -0.1) is 0 Å². The van der Waals surface area contributed by atoms with Gasteiger partial charge in [0, 0.05) is 12.6 Å². The maximum absolute atomic E-state index is 12.2. The number of rotatable bonds is 3. The summed E-state index contributed by atoms with van der Waals surface area (Å²) in [4.78, 5) is 16.4. The lowest BCUT2D eigenvalue weighted by Gasteiger charge is -2.06. The highest BCUT2D eigenvalue weighted by molar-refractivity contribution is 6.42. The van der Waals surface area contributed by atoms with E-state index in [0.717, 1.165) is 16.7 Å². The predicted octanol–water partition coefficient (Wildman–Crippen LogP) is 4.43. The van der Waals surface area contributed by atoms with E-state index in [4.69, 9.17) is 23.2 Å². The van der Waals surface area contributed by atoms with E-state index >= 15 is 0 Å². The fraction of sp³-hybridized carbons (Fsp3) is 0.200. The molecule has 1 heterocycles. The number of ketones is 1. The van der Waals surface area contributed by atoms with Crippen LogP contribution in [-0.4, -0.2) is 10.8 Å². The molecule has 98 valence electrons. The molecule has 0 radical (unpaired) electrons. The van der Waals surface area contributed by atoms with Crippen molar-refractivity contribution in [1.29, 1.82) is 0 Å². The molecule has 0 N–H and O–H groups in total. The third-order valence-electron chi connectivity index (χ3n) is 2.83. The van der Waals surface area contributed by atoms with Gasteiger partial charge in [-0.3, -0.25) is 9.78 Å². The summed E-state index contributed by atoms with van der Waals surface area (Å²) in [6.07, 6.45) is 1.98. The predicted molar refractivity (Wildman–Crippen MR) is 78.2 cm³/mol. The molecule has 0 atom stereocenters. The van der Waals surface area contributed by atoms with Crippen LogP contribution in [0.4, 0.5) is 0 Å². The zero-order chi connectivity index (χ0) is 14.0. The number of nitrogens with zero attached hydrogens (tertiary/aromatic N) is 1. The molecule has 2 nitrogen and oxygen atoms in total. The maximum Gasteiger partial charge on any atom is 0.185 e. The topological polar surface area (TPSA) is 30.0 Å². The minimum absolute atomic E-state index is 0.0177. The monoisotopic (exact) mass is 293 g/mol. The first kappa shape index (κ1) is 14.0. The molecule has 0 spiro atoms. The standard InChI is InChI=1S/C15H13Cl2NO/c1-9-5-10(2)15(18-8-9)14(19)7-11-3-4-12(16)13(17)6-11/h3-6,8H,7H2,1-2H3. The fourth-order valence-electron chi connectivity index (χ4n) is 1.93. The fourth-order valence-corrected chi connectivity index (χ4v) is 2.25. The molecular weight excluding hydrogens is 281 g/mol. The van der Waals surface area contributed by atoms with E-state index in [0.29, 0.717) is 15.7 Å². The van der Waals surface area contributed by atoms with Crippen molar-refractivity contribution in [3.05, 3.63) is 62.9 Å². The minimum Gasteiger partial charge on any atom is -0.292 e. The maximum atomic E-state index is 12.2. The first-order valence-electron chi connectivity index (χ1n) is 5.88. The number of halogens is 2. The summed E-state index contributed by atoms with van der Waals surface area (Å²) in [5.74, 6) is -0.0177. The lowest BCUT2D eigenvalue weighted by atomic mass is 10.0. The highest BCUT2D eigenvalue weighted by Gasteiger charge is 2.12. The van der Waals surface area contributed by atoms with Crippen LogP contribution >= 0.6 is 23.2 Å². The number of hydrogen-bond acceptors (Lipinski definition) is 2. The summed E-state index contributed by atoms with van der Waals surface area (Å²) in [6, 6.07) is 7.16. The molecule has 4 heteroatoms. The first-order chi connectivity index (χ1) is 8.97. The summed E-state index contributed by atoms with van der Waals surface area (Å²) in [6.45, 7) is 3.84. The number of aryl methyl sites for hydroxylation is 2. The molecule has 0 bridgehead atoms. The Hall–Kier alpha value is -1.38. The normalized spacial score (nSPS) is 10.5. The number of pyridine rings is 1. The van der Waals surface area contributed by atoms with Crippen molar-refractivity contribution in [2.75, 3.05) is 0 Å². The number of carbonyl (C=O) groups excluding carboxylic acids is 1. The van der Waals surface area contributed by atoms with Crippen LogP contribution in [0.5, 0.6) is 0 Å². The largest absolute Gasteiger partial charge is 0.292 e. The van der Waals surface area contributed by atoms with Crippen LogP contribution < -0.4 is 0 Å². The number of hydrogen-bond donors (Lipinski definition) is 0. The lowest BCUT2D eigenvalue weighted by Crippen LogP contribution is -2.08. The van der Waals surface area contributed by atoms with Crippen LogP contribution in [-0.2, 0) is 6.42 Å². The van der Waals surface area contributed by atoms with Crippen molar-refractivity contribution in [2.45, 2.75) is 20.3 Å². The zero-order valence-electron chi connectivity index (χ0n) is 10.7. The van der Waals surface area contributed by atoms with Crippen LogP contribution in [0, 0.1) is 13.8 Å². The van der Waals surface area contributed by atoms with Gasteiger partial charge in [-0.2, -0.15) is 0 Å². The van der Waals surface area contributed by atoms with Gasteiger partial charge in [0.15, 0.2) is 5.78 Å². The van der Waals surface area contributed by atoms with Crippen LogP contribution in [0.25, 0.3) is 0 Å². The average molecular weight is 294 g/mol. The third kappa shape index (κ3) is 3.34. The van der Waals surface area contributed by atoms with Crippen molar-refractivity contribution >= 4 is 29.0 Å². The molecule has 0 saturated carbocycles. The van der Waals surface area contributed by atoms with Crippen LogP contribution in [0.1, 0.15) is 27.2 Å². The van der Waals surface area contributed by atoms with Crippen LogP contribution in [0.15, 0.2) is 30.5 Å². The SMILES string of the molecule is Cc1cnc(C(=O)Cc2ccc(Cl)c(Cl)c2)c(C)c1. The smallest absolute Gasteiger partial charge is 0.185 e. The molecule has 2 rings (SSSR count). The molecule has 0 unspecified atom stereocenters. The molecular formula is C15H13Cl2NO. The van der Waals surface area contributed by atoms with E-state index in [-0.39, 0.29) is 12.2 Å². The molecule has 0 saturated heterocycles. The summed E-state index contributed by atoms with van der Waals surface area (Å²) in [7, 11) is 0. The Labute approximate surface area is 122 Å². The second-order valence-electron chi connectivity index (χ2n) is 4.53. The van der Waals surface area contributed by atoms with Gasteiger partial charge in [0.2, 0.25) is 0 Å². The minimum atomic E-state index is -0.0177. The Kier molecular flexibility index (Phi) is 4.23. The molecule has 0 fully saturated rings. The Morgan fingerprint density at radius 1 is 1.16 bits per heavy atom. The molecule has 1 aromatic carbocycles. The Bertz CT molecular complexity index is 638. The van der Waals surface area contributed by atoms with E-state index < -0.39 is 0 Å². The lowest BCUT2D eigenvalue weighted by molar-refractivity contribution is 0.0987. The zero-order valence-corrected chi connectivity index (χ0v) is 12.2. The van der Waals surface area contributed by atoms with Crippen molar-refractivity contribution in [3.8, 4) is 0 Å². The van der Waals surface area contributed by atoms with E-state index in [1.54, 1.807) is 24.4 Å². The molecule has 0 aliphatic heterocycles. The van der Waals surface area contributed by atoms with E-state index in [9.17, 15) is 4.79 Å². The van der Waals surface area contributed by atoms with Crippen molar-refractivity contribution in [2.24, 2.45) is 0 Å². The summed E-state index contributed by atoms with van der Waals surface area (Å²) in [5.41, 5.74) is 3.28. The summed E-state index contributed by atoms with van der Waals surface area (Å²) in [5, 5.41) is 0.947. The highest BCUT2D eigenvalue weighted by Crippen LogP contribution is 2.23. The molecule has 2 aromatic rings. The number of Topliss-reactive ketones (excluding diaryl/α,β-unsaturated/α-hetero) is 1. The first-order valence-corrected chi connectivity index (χ1v) is 6.63. The highest BCUT2D eigenvalue weighted by atomic mass is 35.5. The van der Waals surface area contributed by atoms with Gasteiger partial charge in [0.25, 0.3) is 0 Å². The summed E-state index contributed by atoms with van der Waals surface area (Å²) >= 11 is 11.8. The summed E-state index contributed by atoms with van der Waals surface area (Å²) < 4.78 is 0. The van der Waals surface area contributed by atoms with Gasteiger partial charge in [-0.05, 0) is 42.7 Å². The van der Waals surface area contributed by atoms with Gasteiger partial charge < -0.3 is 0 Å². The number of aromatic nitrogens is 1. The number of carbonyl (C=O) groups is 1. The van der Waals surface area contributed by atoms with E-state index in [2.05, 4.69) is 4.98 Å². The molecule has 1 aromatic heterocycles. The van der Waals surface area contributed by atoms with Crippen LogP contribution in [0.3, 0.4) is 0 Å². The average Bonchev–Trinajstić information content (AvgIpc) is 2.33. The van der Waals surface area contributed by atoms with Crippen LogP contribution in [0.2, 0.25) is 10.0 Å². The Balaban J connectivity index is 2.23. The third-order valence-corrected chi connectivity index (χ3v) is 3.57. The van der Waals surface area contributed by atoms with Gasteiger partial charge in [-0.1, -0.05) is 35.3 Å². The van der Waals surface area contributed by atoms with Gasteiger partial charge >= 0.3 is 0 Å². The quantitative estimate of drug-likeness (QED) is 0.784. The van der Waals surface area contributed by atoms with Gasteiger partial charge in [0.05, 0.1) is 10.0 Å². The Morgan fingerprint density at radius 2 is 1.89 bits per heavy atom. The molecule has 0 aliphatic carbocycles. The van der Waals surface area contributed by atoms with Gasteiger partial charge in [-0.25, -0.2) is 0 Å². The van der Waals surface area contributed by atoms with Gasteiger partial charge in [0.1, 0.15) is 5.69 Å². The number of benzene rings is 1. The molecule has 19 heavy (non-hydrogen) atoms. The van der Waals surface area contributed by atoms with Crippen molar-refractivity contribution in [3.63, 3.8) is 0 Å². The molecule has 0 aliphatic rings. The van der Waals surface area contributed by atoms with E-state index in [1.165, 1.54) is 0 Å². The van der Waals surface area contributed by atoms with E-state index in [1.807, 2.05) is 19.9 Å². The second kappa shape index (κ2) is 5.72. The molecule has 0 amide bonds. The second-order valence-corrected chi connectivity index (χ2v) is 5.34.